The van der Waals surface area contributed by atoms with Crippen molar-refractivity contribution in [2.75, 3.05) is 12.3 Å². The zero-order chi connectivity index (χ0) is 19.0. The number of pyridine rings is 1. The maximum Gasteiger partial charge on any atom is 0.246 e. The van der Waals surface area contributed by atoms with E-state index in [1.54, 1.807) is 29.3 Å². The Labute approximate surface area is 155 Å². The SMILES string of the molecule is C=CC(=O)N1CCn2nc(-c3ccc(F)cc3)c(-c3ccnc(N)c3)c2C1. The van der Waals surface area contributed by atoms with Gasteiger partial charge in [0.05, 0.1) is 18.8 Å². The van der Waals surface area contributed by atoms with Crippen molar-refractivity contribution in [2.45, 2.75) is 13.1 Å². The van der Waals surface area contributed by atoms with Gasteiger partial charge in [0.2, 0.25) is 5.91 Å². The first-order valence-electron chi connectivity index (χ1n) is 8.55. The second kappa shape index (κ2) is 6.68. The molecule has 0 saturated heterocycles. The van der Waals surface area contributed by atoms with Gasteiger partial charge in [0.15, 0.2) is 0 Å². The lowest BCUT2D eigenvalue weighted by Gasteiger charge is -2.27. The molecule has 0 aliphatic carbocycles. The third-order valence-corrected chi connectivity index (χ3v) is 4.65. The Morgan fingerprint density at radius 1 is 1.19 bits per heavy atom. The molecule has 6 nitrogen and oxygen atoms in total. The molecule has 0 fully saturated rings. The van der Waals surface area contributed by atoms with Crippen molar-refractivity contribution < 1.29 is 9.18 Å². The molecular formula is C20H18FN5O. The highest BCUT2D eigenvalue weighted by atomic mass is 19.1. The Morgan fingerprint density at radius 3 is 2.67 bits per heavy atom. The molecule has 0 unspecified atom stereocenters. The molecule has 0 atom stereocenters. The number of carbonyl (C=O) groups is 1. The smallest absolute Gasteiger partial charge is 0.246 e. The number of fused-ring (bicyclic) bond motifs is 1. The minimum atomic E-state index is -0.305. The Bertz CT molecular complexity index is 1030. The van der Waals surface area contributed by atoms with Gasteiger partial charge in [0.1, 0.15) is 17.3 Å². The van der Waals surface area contributed by atoms with E-state index < -0.39 is 0 Å². The summed E-state index contributed by atoms with van der Waals surface area (Å²) in [7, 11) is 0. The minimum absolute atomic E-state index is 0.119. The van der Waals surface area contributed by atoms with Crippen molar-refractivity contribution >= 4 is 11.7 Å². The van der Waals surface area contributed by atoms with Gasteiger partial charge in [-0.1, -0.05) is 6.58 Å². The first kappa shape index (κ1) is 17.0. The summed E-state index contributed by atoms with van der Waals surface area (Å²) in [6, 6.07) is 9.85. The molecule has 1 aliphatic rings. The quantitative estimate of drug-likeness (QED) is 0.726. The van der Waals surface area contributed by atoms with Crippen LogP contribution in [-0.4, -0.2) is 32.1 Å². The minimum Gasteiger partial charge on any atom is -0.384 e. The fourth-order valence-electron chi connectivity index (χ4n) is 3.35. The van der Waals surface area contributed by atoms with Gasteiger partial charge in [-0.15, -0.1) is 0 Å². The molecule has 1 aliphatic heterocycles. The zero-order valence-electron chi connectivity index (χ0n) is 14.6. The highest BCUT2D eigenvalue weighted by molar-refractivity contribution is 5.88. The molecule has 136 valence electrons. The first-order chi connectivity index (χ1) is 13.1. The molecule has 4 rings (SSSR count). The average molecular weight is 363 g/mol. The van der Waals surface area contributed by atoms with E-state index in [2.05, 4.69) is 11.6 Å². The number of hydrogen-bond donors (Lipinski definition) is 1. The second-order valence-electron chi connectivity index (χ2n) is 6.33. The third kappa shape index (κ3) is 3.08. The fraction of sp³-hybridized carbons (Fsp3) is 0.150. The van der Waals surface area contributed by atoms with Gasteiger partial charge in [-0.25, -0.2) is 9.37 Å². The first-order valence-corrected chi connectivity index (χ1v) is 8.55. The van der Waals surface area contributed by atoms with Gasteiger partial charge in [-0.05, 0) is 48.0 Å². The summed E-state index contributed by atoms with van der Waals surface area (Å²) in [6.45, 7) is 5.11. The number of nitrogen functional groups attached to an aromatic ring is 1. The van der Waals surface area contributed by atoms with Gasteiger partial charge < -0.3 is 10.6 Å². The molecule has 2 aromatic heterocycles. The maximum absolute atomic E-state index is 13.4. The lowest BCUT2D eigenvalue weighted by Crippen LogP contribution is -2.37. The fourth-order valence-corrected chi connectivity index (χ4v) is 3.35. The molecule has 1 amide bonds. The van der Waals surface area contributed by atoms with E-state index in [-0.39, 0.29) is 11.7 Å². The average Bonchev–Trinajstić information content (AvgIpc) is 3.06. The Kier molecular flexibility index (Phi) is 4.19. The monoisotopic (exact) mass is 363 g/mol. The number of nitrogens with two attached hydrogens (primary N) is 1. The lowest BCUT2D eigenvalue weighted by atomic mass is 9.98. The normalized spacial score (nSPS) is 13.3. The lowest BCUT2D eigenvalue weighted by molar-refractivity contribution is -0.127. The van der Waals surface area contributed by atoms with Crippen LogP contribution in [0, 0.1) is 5.82 Å². The number of aromatic nitrogens is 3. The van der Waals surface area contributed by atoms with Crippen LogP contribution < -0.4 is 5.73 Å². The van der Waals surface area contributed by atoms with E-state index in [4.69, 9.17) is 10.8 Å². The Balaban J connectivity index is 1.90. The maximum atomic E-state index is 13.4. The summed E-state index contributed by atoms with van der Waals surface area (Å²) in [5.41, 5.74) is 10.0. The number of halogens is 1. The van der Waals surface area contributed by atoms with Crippen LogP contribution in [0.2, 0.25) is 0 Å². The number of benzene rings is 1. The van der Waals surface area contributed by atoms with Crippen molar-refractivity contribution in [3.8, 4) is 22.4 Å². The van der Waals surface area contributed by atoms with E-state index in [1.807, 2.05) is 10.7 Å². The number of amides is 1. The van der Waals surface area contributed by atoms with E-state index >= 15 is 0 Å². The molecule has 0 spiro atoms. The van der Waals surface area contributed by atoms with Gasteiger partial charge >= 0.3 is 0 Å². The number of anilines is 1. The predicted octanol–water partition coefficient (Wildman–Crippen LogP) is 2.86. The topological polar surface area (TPSA) is 77.0 Å². The van der Waals surface area contributed by atoms with Crippen LogP contribution in [0.15, 0.2) is 55.3 Å². The third-order valence-electron chi connectivity index (χ3n) is 4.65. The summed E-state index contributed by atoms with van der Waals surface area (Å²) in [5.74, 6) is -0.0292. The van der Waals surface area contributed by atoms with Crippen LogP contribution >= 0.6 is 0 Å². The van der Waals surface area contributed by atoms with Crippen molar-refractivity contribution in [1.82, 2.24) is 19.7 Å². The summed E-state index contributed by atoms with van der Waals surface area (Å²) >= 11 is 0. The zero-order valence-corrected chi connectivity index (χ0v) is 14.6. The molecule has 0 saturated carbocycles. The van der Waals surface area contributed by atoms with Crippen molar-refractivity contribution in [1.29, 1.82) is 0 Å². The highest BCUT2D eigenvalue weighted by Gasteiger charge is 2.27. The highest BCUT2D eigenvalue weighted by Crippen LogP contribution is 2.37. The summed E-state index contributed by atoms with van der Waals surface area (Å²) in [4.78, 5) is 17.9. The second-order valence-corrected chi connectivity index (χ2v) is 6.33. The Morgan fingerprint density at radius 2 is 1.96 bits per heavy atom. The number of carbonyl (C=O) groups excluding carboxylic acids is 1. The van der Waals surface area contributed by atoms with E-state index in [0.717, 1.165) is 28.1 Å². The van der Waals surface area contributed by atoms with Gasteiger partial charge in [-0.3, -0.25) is 9.48 Å². The van der Waals surface area contributed by atoms with E-state index in [1.165, 1.54) is 18.2 Å². The molecule has 0 radical (unpaired) electrons. The number of hydrogen-bond acceptors (Lipinski definition) is 4. The van der Waals surface area contributed by atoms with E-state index in [9.17, 15) is 9.18 Å². The molecule has 2 N–H and O–H groups in total. The molecule has 3 aromatic rings. The molecule has 0 bridgehead atoms. The van der Waals surface area contributed by atoms with Crippen LogP contribution in [-0.2, 0) is 17.9 Å². The van der Waals surface area contributed by atoms with Crippen molar-refractivity contribution in [3.05, 3.63) is 66.8 Å². The van der Waals surface area contributed by atoms with Crippen LogP contribution in [0.4, 0.5) is 10.2 Å². The Hall–Kier alpha value is -3.48. The van der Waals surface area contributed by atoms with Crippen LogP contribution in [0.1, 0.15) is 5.69 Å². The summed E-state index contributed by atoms with van der Waals surface area (Å²) in [5, 5.41) is 4.75. The molecule has 7 heteroatoms. The predicted molar refractivity (Wildman–Crippen MR) is 101 cm³/mol. The summed E-state index contributed by atoms with van der Waals surface area (Å²) in [6.07, 6.45) is 2.95. The largest absolute Gasteiger partial charge is 0.384 e. The van der Waals surface area contributed by atoms with Crippen LogP contribution in [0.3, 0.4) is 0 Å². The van der Waals surface area contributed by atoms with Gasteiger partial charge in [0.25, 0.3) is 0 Å². The van der Waals surface area contributed by atoms with E-state index in [0.29, 0.717) is 25.5 Å². The van der Waals surface area contributed by atoms with Crippen molar-refractivity contribution in [2.24, 2.45) is 0 Å². The molecule has 3 heterocycles. The van der Waals surface area contributed by atoms with Crippen LogP contribution in [0.5, 0.6) is 0 Å². The number of nitrogens with zero attached hydrogens (tertiary/aromatic N) is 4. The van der Waals surface area contributed by atoms with Crippen LogP contribution in [0.25, 0.3) is 22.4 Å². The molecular weight excluding hydrogens is 345 g/mol. The van der Waals surface area contributed by atoms with Crippen molar-refractivity contribution in [3.63, 3.8) is 0 Å². The molecule has 1 aromatic carbocycles. The number of rotatable bonds is 3. The summed E-state index contributed by atoms with van der Waals surface area (Å²) < 4.78 is 15.3. The molecule has 27 heavy (non-hydrogen) atoms. The standard InChI is InChI=1S/C20H18FN5O/c1-2-18(27)25-9-10-26-16(12-25)19(14-7-8-23-17(22)11-14)20(24-26)13-3-5-15(21)6-4-13/h2-8,11H,1,9-10,12H2,(H2,22,23). The van der Waals surface area contributed by atoms with Gasteiger partial charge in [0, 0.05) is 23.9 Å². The van der Waals surface area contributed by atoms with Gasteiger partial charge in [-0.2, -0.15) is 5.10 Å².